The van der Waals surface area contributed by atoms with Crippen LogP contribution in [0.3, 0.4) is 0 Å². The average Bonchev–Trinajstić information content (AvgIpc) is 3.19. The maximum Gasteiger partial charge on any atom is 0.405 e. The first-order valence-electron chi connectivity index (χ1n) is 9.95. The van der Waals surface area contributed by atoms with Gasteiger partial charge >= 0.3 is 6.18 Å². The fraction of sp³-hybridized carbons (Fsp3) is 0.350. The fourth-order valence-corrected chi connectivity index (χ4v) is 3.83. The van der Waals surface area contributed by atoms with E-state index >= 15 is 0 Å². The van der Waals surface area contributed by atoms with Crippen LogP contribution in [0, 0.1) is 0 Å². The zero-order valence-electron chi connectivity index (χ0n) is 17.4. The number of nitrogens with one attached hydrogen (secondary N) is 2. The summed E-state index contributed by atoms with van der Waals surface area (Å²) in [6, 6.07) is 2.23. The first-order chi connectivity index (χ1) is 15.6. The molecule has 1 atom stereocenters. The van der Waals surface area contributed by atoms with Gasteiger partial charge < -0.3 is 20.1 Å². The van der Waals surface area contributed by atoms with Gasteiger partial charge in [-0.1, -0.05) is 11.6 Å². The van der Waals surface area contributed by atoms with E-state index in [1.54, 1.807) is 23.2 Å². The van der Waals surface area contributed by atoms with Crippen molar-refractivity contribution in [1.82, 2.24) is 30.2 Å². The highest BCUT2D eigenvalue weighted by molar-refractivity contribution is 6.31. The standard InChI is InChI=1S/C20H19ClF3N7O2/c1-11(32)30-4-5-31(15(9-30)19(33)28-10-20(22,23)24)16-2-3-25-18(29-16)14-8-27-17-13(14)6-12(21)7-26-17/h2-3,6-8,15H,4-5,9-10H2,1H3,(H,26,27)(H,28,33)/t15-/m1/s1. The summed E-state index contributed by atoms with van der Waals surface area (Å²) in [6.45, 7) is 0.324. The Morgan fingerprint density at radius 3 is 2.82 bits per heavy atom. The second kappa shape index (κ2) is 8.85. The van der Waals surface area contributed by atoms with Gasteiger partial charge in [0.25, 0.3) is 0 Å². The summed E-state index contributed by atoms with van der Waals surface area (Å²) in [4.78, 5) is 43.6. The summed E-state index contributed by atoms with van der Waals surface area (Å²) in [5, 5.41) is 3.04. The van der Waals surface area contributed by atoms with Crippen molar-refractivity contribution >= 4 is 40.3 Å². The quantitative estimate of drug-likeness (QED) is 0.592. The number of carbonyl (C=O) groups is 2. The van der Waals surface area contributed by atoms with Crippen LogP contribution >= 0.6 is 11.6 Å². The van der Waals surface area contributed by atoms with Crippen LogP contribution < -0.4 is 10.2 Å². The van der Waals surface area contributed by atoms with Crippen LogP contribution in [-0.4, -0.2) is 75.0 Å². The Bertz CT molecular complexity index is 1200. The number of nitrogens with zero attached hydrogens (tertiary/aromatic N) is 5. The molecule has 1 aliphatic heterocycles. The SMILES string of the molecule is CC(=O)N1CCN(c2ccnc(-c3c[nH]c4ncc(Cl)cc34)n2)[C@@H](C(=O)NCC(F)(F)F)C1. The topological polar surface area (TPSA) is 107 Å². The van der Waals surface area contributed by atoms with E-state index in [9.17, 15) is 22.8 Å². The van der Waals surface area contributed by atoms with Crippen molar-refractivity contribution in [3.05, 3.63) is 35.7 Å². The van der Waals surface area contributed by atoms with Crippen LogP contribution in [-0.2, 0) is 9.59 Å². The number of aromatic nitrogens is 4. The molecule has 174 valence electrons. The number of alkyl halides is 3. The van der Waals surface area contributed by atoms with Crippen molar-refractivity contribution in [2.45, 2.75) is 19.1 Å². The third-order valence-electron chi connectivity index (χ3n) is 5.27. The van der Waals surface area contributed by atoms with Crippen LogP contribution in [0.25, 0.3) is 22.4 Å². The molecule has 3 aromatic heterocycles. The average molecular weight is 482 g/mol. The van der Waals surface area contributed by atoms with Crippen molar-refractivity contribution < 1.29 is 22.8 Å². The molecule has 0 bridgehead atoms. The Balaban J connectivity index is 1.66. The lowest BCUT2D eigenvalue weighted by Gasteiger charge is -2.40. The van der Waals surface area contributed by atoms with Crippen LogP contribution in [0.5, 0.6) is 0 Å². The fourth-order valence-electron chi connectivity index (χ4n) is 3.67. The summed E-state index contributed by atoms with van der Waals surface area (Å²) < 4.78 is 37.9. The molecule has 0 radical (unpaired) electrons. The van der Waals surface area contributed by atoms with Gasteiger partial charge in [-0.2, -0.15) is 13.2 Å². The molecule has 0 saturated carbocycles. The van der Waals surface area contributed by atoms with Crippen molar-refractivity contribution in [3.8, 4) is 11.4 Å². The number of aromatic amines is 1. The molecule has 13 heteroatoms. The molecule has 1 aliphatic rings. The van der Waals surface area contributed by atoms with E-state index in [0.29, 0.717) is 39.8 Å². The highest BCUT2D eigenvalue weighted by Gasteiger charge is 2.36. The number of amides is 2. The van der Waals surface area contributed by atoms with Crippen LogP contribution in [0.2, 0.25) is 5.02 Å². The van der Waals surface area contributed by atoms with Gasteiger partial charge in [-0.05, 0) is 12.1 Å². The summed E-state index contributed by atoms with van der Waals surface area (Å²) in [5.41, 5.74) is 1.21. The zero-order chi connectivity index (χ0) is 23.8. The molecule has 0 aromatic carbocycles. The molecule has 4 rings (SSSR count). The molecule has 2 N–H and O–H groups in total. The number of hydrogen-bond acceptors (Lipinski definition) is 6. The lowest BCUT2D eigenvalue weighted by atomic mass is 10.1. The third kappa shape index (κ3) is 5.00. The number of H-pyrrole nitrogens is 1. The van der Waals surface area contributed by atoms with E-state index in [0.717, 1.165) is 0 Å². The second-order valence-corrected chi connectivity index (χ2v) is 7.93. The normalized spacial score (nSPS) is 16.8. The predicted molar refractivity (Wildman–Crippen MR) is 115 cm³/mol. The monoisotopic (exact) mass is 481 g/mol. The molecule has 0 spiro atoms. The van der Waals surface area contributed by atoms with Crippen molar-refractivity contribution in [1.29, 1.82) is 0 Å². The van der Waals surface area contributed by atoms with E-state index in [4.69, 9.17) is 11.6 Å². The number of halogens is 4. The maximum atomic E-state index is 12.7. The van der Waals surface area contributed by atoms with Gasteiger partial charge in [0.2, 0.25) is 11.8 Å². The minimum Gasteiger partial charge on any atom is -0.345 e. The van der Waals surface area contributed by atoms with E-state index in [1.807, 2.05) is 5.32 Å². The molecule has 33 heavy (non-hydrogen) atoms. The number of pyridine rings is 1. The van der Waals surface area contributed by atoms with Gasteiger partial charge in [0.15, 0.2) is 5.82 Å². The number of piperazine rings is 1. The Morgan fingerprint density at radius 1 is 1.30 bits per heavy atom. The molecule has 0 aliphatic carbocycles. The van der Waals surface area contributed by atoms with E-state index < -0.39 is 24.7 Å². The summed E-state index contributed by atoms with van der Waals surface area (Å²) in [5.74, 6) is -0.442. The summed E-state index contributed by atoms with van der Waals surface area (Å²) >= 11 is 6.06. The number of hydrogen-bond donors (Lipinski definition) is 2. The van der Waals surface area contributed by atoms with Crippen LogP contribution in [0.15, 0.2) is 30.7 Å². The first-order valence-corrected chi connectivity index (χ1v) is 10.3. The third-order valence-corrected chi connectivity index (χ3v) is 5.47. The molecule has 4 heterocycles. The van der Waals surface area contributed by atoms with Gasteiger partial charge in [0.05, 0.1) is 11.6 Å². The Kier molecular flexibility index (Phi) is 6.11. The zero-order valence-corrected chi connectivity index (χ0v) is 18.1. The number of anilines is 1. The Morgan fingerprint density at radius 2 is 2.09 bits per heavy atom. The first kappa shape index (κ1) is 22.8. The molecule has 3 aromatic rings. The van der Waals surface area contributed by atoms with E-state index in [2.05, 4.69) is 19.9 Å². The predicted octanol–water partition coefficient (Wildman–Crippen LogP) is 2.39. The highest BCUT2D eigenvalue weighted by Crippen LogP contribution is 2.29. The molecule has 2 amide bonds. The van der Waals surface area contributed by atoms with Gasteiger partial charge in [0.1, 0.15) is 24.1 Å². The van der Waals surface area contributed by atoms with Gasteiger partial charge in [-0.3, -0.25) is 9.59 Å². The number of rotatable bonds is 4. The van der Waals surface area contributed by atoms with Gasteiger partial charge in [-0.15, -0.1) is 0 Å². The minimum absolute atomic E-state index is 0.0645. The van der Waals surface area contributed by atoms with Gasteiger partial charge in [-0.25, -0.2) is 15.0 Å². The second-order valence-electron chi connectivity index (χ2n) is 7.50. The summed E-state index contributed by atoms with van der Waals surface area (Å²) in [7, 11) is 0. The highest BCUT2D eigenvalue weighted by atomic mass is 35.5. The van der Waals surface area contributed by atoms with Crippen molar-refractivity contribution in [2.75, 3.05) is 31.1 Å². The molecular formula is C20H19ClF3N7O2. The summed E-state index contributed by atoms with van der Waals surface area (Å²) in [6.07, 6.45) is 0.118. The molecule has 1 fully saturated rings. The van der Waals surface area contributed by atoms with Crippen LogP contribution in [0.1, 0.15) is 6.92 Å². The molecule has 0 unspecified atom stereocenters. The lowest BCUT2D eigenvalue weighted by Crippen LogP contribution is -2.60. The van der Waals surface area contributed by atoms with Crippen molar-refractivity contribution in [2.24, 2.45) is 0 Å². The smallest absolute Gasteiger partial charge is 0.345 e. The lowest BCUT2D eigenvalue weighted by molar-refractivity contribution is -0.140. The Hall–Kier alpha value is -3.41. The largest absolute Gasteiger partial charge is 0.405 e. The van der Waals surface area contributed by atoms with E-state index in [-0.39, 0.29) is 19.0 Å². The van der Waals surface area contributed by atoms with Crippen molar-refractivity contribution in [3.63, 3.8) is 0 Å². The molecular weight excluding hydrogens is 463 g/mol. The van der Waals surface area contributed by atoms with E-state index in [1.165, 1.54) is 24.2 Å². The molecule has 1 saturated heterocycles. The number of carbonyl (C=O) groups excluding carboxylic acids is 2. The number of fused-ring (bicyclic) bond motifs is 1. The van der Waals surface area contributed by atoms with Gasteiger partial charge in [0, 0.05) is 49.6 Å². The van der Waals surface area contributed by atoms with Crippen LogP contribution in [0.4, 0.5) is 19.0 Å². The maximum absolute atomic E-state index is 12.7. The molecule has 9 nitrogen and oxygen atoms in total. The Labute approximate surface area is 191 Å². The minimum atomic E-state index is -4.55.